The van der Waals surface area contributed by atoms with Crippen molar-refractivity contribution in [3.63, 3.8) is 0 Å². The Morgan fingerprint density at radius 3 is 2.47 bits per heavy atom. The molecule has 0 spiro atoms. The lowest BCUT2D eigenvalue weighted by Gasteiger charge is -2.50. The van der Waals surface area contributed by atoms with Crippen LogP contribution in [-0.2, 0) is 24.6 Å². The van der Waals surface area contributed by atoms with Gasteiger partial charge in [-0.25, -0.2) is 0 Å². The predicted octanol–water partition coefficient (Wildman–Crippen LogP) is 5.29. The molecule has 0 unspecified atom stereocenters. The standard InChI is InChI=1S/C34H29Cl2N3O6/c1-16-4-3-5-22(29(16)40)28-20-11-12-21-27(31(42)37-30(21)41)23(20)15-24-32(43)39(38-26-13-8-18(35)14-25(26)36)33(44)34(24,28)17-6-9-19(45-2)10-7-17/h3-11,13-14,21,23-24,27-28,38,40H,12,15H2,1-2H3,(H,37,41,42)/t21-,23+,24-,27-,28+,34+/m0/s1. The van der Waals surface area contributed by atoms with Crippen molar-refractivity contribution in [3.8, 4) is 11.5 Å². The number of hydrogen-bond acceptors (Lipinski definition) is 7. The number of nitrogens with zero attached hydrogens (tertiary/aromatic N) is 1. The zero-order chi connectivity index (χ0) is 31.8. The first-order valence-electron chi connectivity index (χ1n) is 14.7. The Kier molecular flexibility index (Phi) is 6.94. The fourth-order valence-corrected chi connectivity index (χ4v) is 8.46. The summed E-state index contributed by atoms with van der Waals surface area (Å²) in [5.41, 5.74) is 4.09. The molecule has 45 heavy (non-hydrogen) atoms. The van der Waals surface area contributed by atoms with Crippen molar-refractivity contribution in [2.24, 2.45) is 23.7 Å². The van der Waals surface area contributed by atoms with Crippen LogP contribution < -0.4 is 15.5 Å². The van der Waals surface area contributed by atoms with Crippen LogP contribution in [0.3, 0.4) is 0 Å². The van der Waals surface area contributed by atoms with Crippen LogP contribution in [0.25, 0.3) is 0 Å². The van der Waals surface area contributed by atoms with Gasteiger partial charge in [0.25, 0.3) is 11.8 Å². The molecule has 4 amide bonds. The van der Waals surface area contributed by atoms with Gasteiger partial charge >= 0.3 is 0 Å². The maximum Gasteiger partial charge on any atom is 0.260 e. The van der Waals surface area contributed by atoms with Gasteiger partial charge in [-0.3, -0.25) is 29.9 Å². The number of anilines is 1. The molecule has 2 aliphatic carbocycles. The summed E-state index contributed by atoms with van der Waals surface area (Å²) in [5.74, 6) is -4.80. The van der Waals surface area contributed by atoms with E-state index >= 15 is 4.79 Å². The van der Waals surface area contributed by atoms with E-state index in [0.717, 1.165) is 10.6 Å². The topological polar surface area (TPSA) is 125 Å². The number of aromatic hydroxyl groups is 1. The summed E-state index contributed by atoms with van der Waals surface area (Å²) in [5, 5.41) is 15.6. The van der Waals surface area contributed by atoms with Gasteiger partial charge in [0.1, 0.15) is 11.5 Å². The highest BCUT2D eigenvalue weighted by molar-refractivity contribution is 6.36. The monoisotopic (exact) mass is 645 g/mol. The molecule has 6 atom stereocenters. The number of carbonyl (C=O) groups is 4. The fourth-order valence-electron chi connectivity index (χ4n) is 8.01. The number of aryl methyl sites for hydroxylation is 1. The molecular weight excluding hydrogens is 617 g/mol. The number of phenols is 1. The predicted molar refractivity (Wildman–Crippen MR) is 167 cm³/mol. The van der Waals surface area contributed by atoms with Gasteiger partial charge in [-0.15, -0.1) is 0 Å². The van der Waals surface area contributed by atoms with Crippen molar-refractivity contribution in [1.82, 2.24) is 10.3 Å². The largest absolute Gasteiger partial charge is 0.507 e. The molecule has 2 heterocycles. The van der Waals surface area contributed by atoms with Crippen LogP contribution in [0, 0.1) is 30.6 Å². The number of phenolic OH excluding ortho intramolecular Hbond substituents is 1. The Bertz CT molecular complexity index is 1820. The summed E-state index contributed by atoms with van der Waals surface area (Å²) < 4.78 is 5.41. The first-order valence-corrected chi connectivity index (χ1v) is 15.4. The van der Waals surface area contributed by atoms with Crippen LogP contribution in [-0.4, -0.2) is 40.9 Å². The number of hydrazine groups is 1. The lowest BCUT2D eigenvalue weighted by Crippen LogP contribution is -2.53. The number of amides is 4. The van der Waals surface area contributed by atoms with E-state index in [1.165, 1.54) is 13.2 Å². The average molecular weight is 647 g/mol. The molecule has 3 N–H and O–H groups in total. The number of methoxy groups -OCH3 is 1. The highest BCUT2D eigenvalue weighted by atomic mass is 35.5. The van der Waals surface area contributed by atoms with Crippen LogP contribution in [0.2, 0.25) is 10.0 Å². The van der Waals surface area contributed by atoms with Gasteiger partial charge in [0.15, 0.2) is 0 Å². The zero-order valence-corrected chi connectivity index (χ0v) is 25.9. The number of allylic oxidation sites excluding steroid dienone is 2. The number of fused-ring (bicyclic) bond motifs is 4. The third-order valence-corrected chi connectivity index (χ3v) is 10.6. The quantitative estimate of drug-likeness (QED) is 0.254. The van der Waals surface area contributed by atoms with Crippen molar-refractivity contribution in [2.45, 2.75) is 31.1 Å². The highest BCUT2D eigenvalue weighted by Gasteiger charge is 2.70. The maximum absolute atomic E-state index is 15.1. The number of para-hydroxylation sites is 1. The number of benzene rings is 3. The van der Waals surface area contributed by atoms with Crippen molar-refractivity contribution in [2.75, 3.05) is 12.5 Å². The van der Waals surface area contributed by atoms with Crippen molar-refractivity contribution in [3.05, 3.63) is 99.0 Å². The third-order valence-electron chi connectivity index (χ3n) is 10.0. The molecule has 9 nitrogen and oxygen atoms in total. The Balaban J connectivity index is 1.49. The Morgan fingerprint density at radius 2 is 1.76 bits per heavy atom. The highest BCUT2D eigenvalue weighted by Crippen LogP contribution is 2.64. The Hall–Kier alpha value is -4.34. The van der Waals surface area contributed by atoms with Crippen LogP contribution in [0.5, 0.6) is 11.5 Å². The fraction of sp³-hybridized carbons (Fsp3) is 0.294. The van der Waals surface area contributed by atoms with Crippen molar-refractivity contribution < 1.29 is 29.0 Å². The summed E-state index contributed by atoms with van der Waals surface area (Å²) >= 11 is 12.6. The molecule has 230 valence electrons. The van der Waals surface area contributed by atoms with E-state index < -0.39 is 46.8 Å². The molecule has 1 saturated carbocycles. The Labute approximate surface area is 269 Å². The Morgan fingerprint density at radius 1 is 1.00 bits per heavy atom. The third kappa shape index (κ3) is 4.20. The van der Waals surface area contributed by atoms with Gasteiger partial charge < -0.3 is 9.84 Å². The van der Waals surface area contributed by atoms with E-state index in [9.17, 15) is 19.5 Å². The van der Waals surface area contributed by atoms with E-state index in [2.05, 4.69) is 10.7 Å². The molecule has 4 aliphatic rings. The number of rotatable bonds is 5. The number of ether oxygens (including phenoxy) is 1. The van der Waals surface area contributed by atoms with E-state index in [-0.39, 0.29) is 29.0 Å². The second-order valence-electron chi connectivity index (χ2n) is 12.1. The van der Waals surface area contributed by atoms with Gasteiger partial charge in [0, 0.05) is 16.5 Å². The van der Waals surface area contributed by atoms with Gasteiger partial charge in [0.05, 0.1) is 41.0 Å². The smallest absolute Gasteiger partial charge is 0.260 e. The van der Waals surface area contributed by atoms with Gasteiger partial charge in [-0.2, -0.15) is 5.01 Å². The normalized spacial score (nSPS) is 28.7. The molecule has 0 aromatic heterocycles. The molecule has 11 heteroatoms. The zero-order valence-electron chi connectivity index (χ0n) is 24.3. The number of halogens is 2. The van der Waals surface area contributed by atoms with Gasteiger partial charge in [0.2, 0.25) is 11.8 Å². The summed E-state index contributed by atoms with van der Waals surface area (Å²) in [6.45, 7) is 1.77. The second-order valence-corrected chi connectivity index (χ2v) is 12.9. The van der Waals surface area contributed by atoms with Crippen LogP contribution in [0.1, 0.15) is 35.4 Å². The number of imide groups is 2. The number of carbonyl (C=O) groups excluding carboxylic acids is 4. The molecule has 0 bridgehead atoms. The minimum Gasteiger partial charge on any atom is -0.507 e. The summed E-state index contributed by atoms with van der Waals surface area (Å²) in [6, 6.07) is 17.0. The van der Waals surface area contributed by atoms with Crippen LogP contribution in [0.15, 0.2) is 72.3 Å². The van der Waals surface area contributed by atoms with E-state index in [4.69, 9.17) is 27.9 Å². The summed E-state index contributed by atoms with van der Waals surface area (Å²) in [4.78, 5) is 55.7. The first kappa shape index (κ1) is 29.4. The maximum atomic E-state index is 15.1. The minimum atomic E-state index is -1.53. The molecule has 3 fully saturated rings. The summed E-state index contributed by atoms with van der Waals surface area (Å²) in [7, 11) is 1.54. The number of hydrogen-bond donors (Lipinski definition) is 3. The van der Waals surface area contributed by atoms with E-state index in [1.54, 1.807) is 61.5 Å². The average Bonchev–Trinajstić information content (AvgIpc) is 3.43. The second kappa shape index (κ2) is 10.6. The van der Waals surface area contributed by atoms with Gasteiger partial charge in [-0.05, 0) is 67.1 Å². The van der Waals surface area contributed by atoms with Crippen molar-refractivity contribution in [1.29, 1.82) is 0 Å². The van der Waals surface area contributed by atoms with Crippen molar-refractivity contribution >= 4 is 52.5 Å². The number of nitrogens with one attached hydrogen (secondary N) is 2. The SMILES string of the molecule is COc1ccc([C@@]23C(=O)N(Nc4ccc(Cl)cc4Cl)C(=O)[C@@H]2C[C@@H]2C(=CC[C@@H]4C(=O)NC(=O)[C@@H]42)[C@@H]3c2cccc(C)c2O)cc1. The molecule has 7 rings (SSSR count). The first-order chi connectivity index (χ1) is 21.6. The molecule has 2 aliphatic heterocycles. The molecule has 0 radical (unpaired) electrons. The summed E-state index contributed by atoms with van der Waals surface area (Å²) in [6.07, 6.45) is 2.37. The molecular formula is C34H29Cl2N3O6. The van der Waals surface area contributed by atoms with Crippen LogP contribution in [0.4, 0.5) is 5.69 Å². The molecule has 2 saturated heterocycles. The lowest BCUT2D eigenvalue weighted by molar-refractivity contribution is -0.138. The molecule has 3 aromatic rings. The van der Waals surface area contributed by atoms with E-state index in [0.29, 0.717) is 39.6 Å². The van der Waals surface area contributed by atoms with Crippen LogP contribution >= 0.6 is 23.2 Å². The minimum absolute atomic E-state index is 0.00263. The lowest BCUT2D eigenvalue weighted by atomic mass is 9.49. The molecule has 3 aromatic carbocycles. The van der Waals surface area contributed by atoms with Gasteiger partial charge in [-0.1, -0.05) is 65.2 Å². The van der Waals surface area contributed by atoms with E-state index in [1.807, 2.05) is 6.08 Å².